The minimum atomic E-state index is -0.449. The van der Waals surface area contributed by atoms with Crippen LogP contribution in [0.2, 0.25) is 0 Å². The summed E-state index contributed by atoms with van der Waals surface area (Å²) in [5, 5.41) is 0. The van der Waals surface area contributed by atoms with Gasteiger partial charge in [-0.05, 0) is 65.2 Å². The van der Waals surface area contributed by atoms with Crippen LogP contribution in [0.15, 0.2) is 6.20 Å². The molecule has 1 amide bonds. The van der Waals surface area contributed by atoms with Crippen LogP contribution in [-0.2, 0) is 4.74 Å². The van der Waals surface area contributed by atoms with E-state index in [-0.39, 0.29) is 11.9 Å². The summed E-state index contributed by atoms with van der Waals surface area (Å²) >= 11 is 0. The number of rotatable bonds is 2. The molecule has 0 bridgehead atoms. The number of aryl methyl sites for hydroxylation is 1. The van der Waals surface area contributed by atoms with E-state index in [1.54, 1.807) is 6.92 Å². The fourth-order valence-electron chi connectivity index (χ4n) is 4.13. The zero-order chi connectivity index (χ0) is 19.6. The predicted octanol–water partition coefficient (Wildman–Crippen LogP) is 3.79. The normalized spacial score (nSPS) is 20.0. The van der Waals surface area contributed by atoms with E-state index in [1.807, 2.05) is 30.6 Å². The standard InChI is InChI=1S/C20H31FN4O2/c1-14-22-13-17(21)18(23-14)24-9-5-15(6-10-24)16-7-11-25(12-8-16)19(26)27-20(2,3)4/h13,15-16H,5-12H2,1-4H3. The maximum atomic E-state index is 14.0. The molecule has 0 N–H and O–H groups in total. The molecule has 0 aromatic carbocycles. The quantitative estimate of drug-likeness (QED) is 0.784. The van der Waals surface area contributed by atoms with E-state index in [9.17, 15) is 9.18 Å². The number of hydrogen-bond acceptors (Lipinski definition) is 5. The zero-order valence-electron chi connectivity index (χ0n) is 16.9. The number of carbonyl (C=O) groups excluding carboxylic acids is 1. The number of nitrogens with zero attached hydrogens (tertiary/aromatic N) is 4. The molecule has 3 rings (SSSR count). The van der Waals surface area contributed by atoms with Gasteiger partial charge in [-0.1, -0.05) is 0 Å². The van der Waals surface area contributed by atoms with E-state index in [0.29, 0.717) is 23.5 Å². The third-order valence-electron chi connectivity index (χ3n) is 5.54. The van der Waals surface area contributed by atoms with Gasteiger partial charge in [-0.2, -0.15) is 0 Å². The number of anilines is 1. The molecule has 2 aliphatic rings. The van der Waals surface area contributed by atoms with Crippen LogP contribution in [0, 0.1) is 24.6 Å². The predicted molar refractivity (Wildman–Crippen MR) is 102 cm³/mol. The van der Waals surface area contributed by atoms with Crippen LogP contribution < -0.4 is 4.90 Å². The highest BCUT2D eigenvalue weighted by Crippen LogP contribution is 2.34. The Balaban J connectivity index is 1.48. The van der Waals surface area contributed by atoms with Gasteiger partial charge < -0.3 is 14.5 Å². The molecule has 2 aliphatic heterocycles. The van der Waals surface area contributed by atoms with Crippen molar-refractivity contribution in [2.75, 3.05) is 31.1 Å². The van der Waals surface area contributed by atoms with Gasteiger partial charge in [0.25, 0.3) is 0 Å². The molecule has 0 radical (unpaired) electrons. The molecule has 0 unspecified atom stereocenters. The molecule has 0 atom stereocenters. The lowest BCUT2D eigenvalue weighted by molar-refractivity contribution is 0.0152. The minimum absolute atomic E-state index is 0.203. The maximum absolute atomic E-state index is 14.0. The molecular formula is C20H31FN4O2. The number of piperidine rings is 2. The monoisotopic (exact) mass is 378 g/mol. The molecule has 0 saturated carbocycles. The zero-order valence-corrected chi connectivity index (χ0v) is 16.9. The Labute approximate surface area is 161 Å². The molecule has 2 fully saturated rings. The first-order valence-corrected chi connectivity index (χ1v) is 9.95. The third kappa shape index (κ3) is 5.08. The van der Waals surface area contributed by atoms with Crippen molar-refractivity contribution >= 4 is 11.9 Å². The summed E-state index contributed by atoms with van der Waals surface area (Å²) in [6.45, 7) is 10.6. The van der Waals surface area contributed by atoms with Crippen LogP contribution in [0.3, 0.4) is 0 Å². The van der Waals surface area contributed by atoms with E-state index in [1.165, 1.54) is 6.20 Å². The smallest absolute Gasteiger partial charge is 0.410 e. The summed E-state index contributed by atoms with van der Waals surface area (Å²) in [6.07, 6.45) is 5.18. The van der Waals surface area contributed by atoms with Crippen LogP contribution in [0.25, 0.3) is 0 Å². The molecule has 1 aromatic heterocycles. The van der Waals surface area contributed by atoms with Crippen molar-refractivity contribution in [1.29, 1.82) is 0 Å². The Bertz CT molecular complexity index is 660. The van der Waals surface area contributed by atoms with Crippen LogP contribution >= 0.6 is 0 Å². The molecule has 27 heavy (non-hydrogen) atoms. The molecule has 0 spiro atoms. The second kappa shape index (κ2) is 7.98. The van der Waals surface area contributed by atoms with Gasteiger partial charge in [-0.3, -0.25) is 0 Å². The Kier molecular flexibility index (Phi) is 5.86. The summed E-state index contributed by atoms with van der Waals surface area (Å²) in [6, 6.07) is 0. The molecular weight excluding hydrogens is 347 g/mol. The lowest BCUT2D eigenvalue weighted by atomic mass is 9.79. The number of amides is 1. The van der Waals surface area contributed by atoms with Crippen LogP contribution in [0.1, 0.15) is 52.3 Å². The van der Waals surface area contributed by atoms with E-state index >= 15 is 0 Å². The van der Waals surface area contributed by atoms with Crippen LogP contribution in [0.5, 0.6) is 0 Å². The average Bonchev–Trinajstić information content (AvgIpc) is 2.63. The van der Waals surface area contributed by atoms with Crippen LogP contribution in [-0.4, -0.2) is 52.7 Å². The average molecular weight is 378 g/mol. The van der Waals surface area contributed by atoms with Crippen molar-refractivity contribution in [1.82, 2.24) is 14.9 Å². The highest BCUT2D eigenvalue weighted by Gasteiger charge is 2.33. The summed E-state index contributed by atoms with van der Waals surface area (Å²) in [7, 11) is 0. The van der Waals surface area contributed by atoms with E-state index in [4.69, 9.17) is 4.74 Å². The van der Waals surface area contributed by atoms with Gasteiger partial charge in [0.2, 0.25) is 0 Å². The number of hydrogen-bond donors (Lipinski definition) is 0. The fourth-order valence-corrected chi connectivity index (χ4v) is 4.13. The summed E-state index contributed by atoms with van der Waals surface area (Å²) < 4.78 is 19.5. The fraction of sp³-hybridized carbons (Fsp3) is 0.750. The van der Waals surface area contributed by atoms with E-state index in [0.717, 1.165) is 51.9 Å². The Morgan fingerprint density at radius 3 is 2.22 bits per heavy atom. The third-order valence-corrected chi connectivity index (χ3v) is 5.54. The molecule has 1 aromatic rings. The van der Waals surface area contributed by atoms with Gasteiger partial charge in [-0.15, -0.1) is 0 Å². The number of halogens is 1. The Morgan fingerprint density at radius 1 is 1.11 bits per heavy atom. The van der Waals surface area contributed by atoms with Crippen molar-refractivity contribution in [3.8, 4) is 0 Å². The summed E-state index contributed by atoms with van der Waals surface area (Å²) in [5.74, 6) is 1.95. The highest BCUT2D eigenvalue weighted by atomic mass is 19.1. The topological polar surface area (TPSA) is 58.6 Å². The van der Waals surface area contributed by atoms with Crippen molar-refractivity contribution in [2.24, 2.45) is 11.8 Å². The van der Waals surface area contributed by atoms with Crippen molar-refractivity contribution in [2.45, 2.75) is 59.0 Å². The number of likely N-dealkylation sites (tertiary alicyclic amines) is 1. The van der Waals surface area contributed by atoms with Gasteiger partial charge in [0.05, 0.1) is 6.20 Å². The second-order valence-electron chi connectivity index (χ2n) is 8.72. The largest absolute Gasteiger partial charge is 0.444 e. The molecule has 6 nitrogen and oxygen atoms in total. The van der Waals surface area contributed by atoms with Gasteiger partial charge in [0.15, 0.2) is 11.6 Å². The highest BCUT2D eigenvalue weighted by molar-refractivity contribution is 5.68. The first-order chi connectivity index (χ1) is 12.7. The molecule has 3 heterocycles. The lowest BCUT2D eigenvalue weighted by Crippen LogP contribution is -2.44. The van der Waals surface area contributed by atoms with E-state index < -0.39 is 5.60 Å². The summed E-state index contributed by atoms with van der Waals surface area (Å²) in [4.78, 5) is 24.3. The Morgan fingerprint density at radius 2 is 1.67 bits per heavy atom. The van der Waals surface area contributed by atoms with Crippen LogP contribution in [0.4, 0.5) is 15.0 Å². The van der Waals surface area contributed by atoms with Gasteiger partial charge in [0, 0.05) is 26.2 Å². The molecule has 150 valence electrons. The lowest BCUT2D eigenvalue weighted by Gasteiger charge is -2.40. The SMILES string of the molecule is Cc1ncc(F)c(N2CCC(C3CCN(C(=O)OC(C)(C)C)CC3)CC2)n1. The van der Waals surface area contributed by atoms with Gasteiger partial charge in [-0.25, -0.2) is 19.2 Å². The Hall–Kier alpha value is -1.92. The van der Waals surface area contributed by atoms with Crippen molar-refractivity contribution < 1.29 is 13.9 Å². The minimum Gasteiger partial charge on any atom is -0.444 e. The number of aromatic nitrogens is 2. The molecule has 7 heteroatoms. The second-order valence-corrected chi connectivity index (χ2v) is 8.72. The van der Waals surface area contributed by atoms with Gasteiger partial charge in [0.1, 0.15) is 11.4 Å². The van der Waals surface area contributed by atoms with Gasteiger partial charge >= 0.3 is 6.09 Å². The molecule has 2 saturated heterocycles. The first kappa shape index (κ1) is 19.8. The number of ether oxygens (including phenoxy) is 1. The van der Waals surface area contributed by atoms with E-state index in [2.05, 4.69) is 9.97 Å². The van der Waals surface area contributed by atoms with Crippen molar-refractivity contribution in [3.05, 3.63) is 17.8 Å². The number of carbonyl (C=O) groups is 1. The summed E-state index contributed by atoms with van der Waals surface area (Å²) in [5.41, 5.74) is -0.449. The first-order valence-electron chi connectivity index (χ1n) is 9.95. The molecule has 0 aliphatic carbocycles. The maximum Gasteiger partial charge on any atom is 0.410 e. The van der Waals surface area contributed by atoms with Crippen molar-refractivity contribution in [3.63, 3.8) is 0 Å².